The standard InChI is InChI=1S/C17H20N2O4S2/c1-14-13-16(19-11-5-6-12-24(19,20)21)9-10-17(14)25(22,23)18-15-7-3-2-4-8-15/h2-4,7-10,13,18H,5-6,11-12H2,1H3. The molecule has 0 bridgehead atoms. The number of rotatable bonds is 4. The molecule has 1 N–H and O–H groups in total. The van der Waals surface area contributed by atoms with Gasteiger partial charge >= 0.3 is 0 Å². The monoisotopic (exact) mass is 380 g/mol. The first-order valence-electron chi connectivity index (χ1n) is 7.98. The molecule has 8 heteroatoms. The van der Waals surface area contributed by atoms with Crippen LogP contribution in [0.5, 0.6) is 0 Å². The van der Waals surface area contributed by atoms with Gasteiger partial charge in [0.15, 0.2) is 0 Å². The molecule has 6 nitrogen and oxygen atoms in total. The van der Waals surface area contributed by atoms with Gasteiger partial charge in [0, 0.05) is 12.2 Å². The van der Waals surface area contributed by atoms with E-state index in [9.17, 15) is 16.8 Å². The molecule has 1 saturated heterocycles. The first-order valence-corrected chi connectivity index (χ1v) is 11.1. The van der Waals surface area contributed by atoms with E-state index >= 15 is 0 Å². The van der Waals surface area contributed by atoms with Gasteiger partial charge in [0.25, 0.3) is 10.0 Å². The molecule has 0 saturated carbocycles. The molecule has 3 rings (SSSR count). The summed E-state index contributed by atoms with van der Waals surface area (Å²) in [5, 5.41) is 0. The van der Waals surface area contributed by atoms with Crippen LogP contribution in [0.1, 0.15) is 18.4 Å². The third kappa shape index (κ3) is 3.80. The van der Waals surface area contributed by atoms with Crippen LogP contribution in [0.3, 0.4) is 0 Å². The molecule has 0 spiro atoms. The lowest BCUT2D eigenvalue weighted by Crippen LogP contribution is -2.37. The Hall–Kier alpha value is -2.06. The molecule has 25 heavy (non-hydrogen) atoms. The number of para-hydroxylation sites is 1. The van der Waals surface area contributed by atoms with Crippen molar-refractivity contribution in [1.82, 2.24) is 0 Å². The minimum Gasteiger partial charge on any atom is -0.280 e. The van der Waals surface area contributed by atoms with Crippen LogP contribution in [-0.2, 0) is 20.0 Å². The minimum absolute atomic E-state index is 0.127. The summed E-state index contributed by atoms with van der Waals surface area (Å²) in [6.45, 7) is 2.09. The number of aryl methyl sites for hydroxylation is 1. The van der Waals surface area contributed by atoms with Gasteiger partial charge in [0.05, 0.1) is 16.3 Å². The summed E-state index contributed by atoms with van der Waals surface area (Å²) in [6, 6.07) is 13.3. The Balaban J connectivity index is 1.92. The summed E-state index contributed by atoms with van der Waals surface area (Å²) in [4.78, 5) is 0.134. The van der Waals surface area contributed by atoms with Crippen molar-refractivity contribution in [3.05, 3.63) is 54.1 Å². The van der Waals surface area contributed by atoms with Crippen LogP contribution < -0.4 is 9.03 Å². The van der Waals surface area contributed by atoms with Crippen molar-refractivity contribution in [3.63, 3.8) is 0 Å². The second-order valence-corrected chi connectivity index (χ2v) is 9.68. The fourth-order valence-corrected chi connectivity index (χ4v) is 5.80. The van der Waals surface area contributed by atoms with Gasteiger partial charge in [0.2, 0.25) is 10.0 Å². The van der Waals surface area contributed by atoms with Gasteiger partial charge in [-0.05, 0) is 55.7 Å². The van der Waals surface area contributed by atoms with Crippen LogP contribution in [0.4, 0.5) is 11.4 Å². The SMILES string of the molecule is Cc1cc(N2CCCCS2(=O)=O)ccc1S(=O)(=O)Nc1ccccc1. The highest BCUT2D eigenvalue weighted by Crippen LogP contribution is 2.28. The van der Waals surface area contributed by atoms with Gasteiger partial charge in [-0.15, -0.1) is 0 Å². The summed E-state index contributed by atoms with van der Waals surface area (Å²) in [7, 11) is -7.06. The topological polar surface area (TPSA) is 83.6 Å². The Labute approximate surface area is 148 Å². The Kier molecular flexibility index (Phi) is 4.75. The molecule has 0 aliphatic carbocycles. The van der Waals surface area contributed by atoms with Crippen LogP contribution in [0.2, 0.25) is 0 Å². The van der Waals surface area contributed by atoms with Crippen molar-refractivity contribution in [2.75, 3.05) is 21.3 Å². The Morgan fingerprint density at radius 2 is 1.76 bits per heavy atom. The zero-order valence-electron chi connectivity index (χ0n) is 13.8. The highest BCUT2D eigenvalue weighted by molar-refractivity contribution is 7.93. The van der Waals surface area contributed by atoms with E-state index in [1.54, 1.807) is 49.4 Å². The fourth-order valence-electron chi connectivity index (χ4n) is 2.89. The van der Waals surface area contributed by atoms with Crippen molar-refractivity contribution >= 4 is 31.4 Å². The van der Waals surface area contributed by atoms with E-state index in [-0.39, 0.29) is 10.6 Å². The van der Waals surface area contributed by atoms with Crippen LogP contribution in [-0.4, -0.2) is 29.1 Å². The van der Waals surface area contributed by atoms with Crippen molar-refractivity contribution in [1.29, 1.82) is 0 Å². The molecule has 0 radical (unpaired) electrons. The lowest BCUT2D eigenvalue weighted by Gasteiger charge is -2.28. The van der Waals surface area contributed by atoms with Gasteiger partial charge < -0.3 is 0 Å². The van der Waals surface area contributed by atoms with Gasteiger partial charge in [0.1, 0.15) is 0 Å². The third-order valence-electron chi connectivity index (χ3n) is 4.11. The molecule has 1 heterocycles. The van der Waals surface area contributed by atoms with E-state index < -0.39 is 20.0 Å². The average Bonchev–Trinajstić information content (AvgIpc) is 2.54. The Bertz CT molecular complexity index is 971. The zero-order valence-corrected chi connectivity index (χ0v) is 15.5. The zero-order chi connectivity index (χ0) is 18.1. The molecule has 134 valence electrons. The predicted molar refractivity (Wildman–Crippen MR) is 98.8 cm³/mol. The van der Waals surface area contributed by atoms with Crippen LogP contribution in [0, 0.1) is 6.92 Å². The number of hydrogen-bond acceptors (Lipinski definition) is 4. The van der Waals surface area contributed by atoms with E-state index in [1.807, 2.05) is 0 Å². The highest BCUT2D eigenvalue weighted by atomic mass is 32.2. The van der Waals surface area contributed by atoms with Crippen molar-refractivity contribution in [3.8, 4) is 0 Å². The second kappa shape index (κ2) is 6.68. The first-order chi connectivity index (χ1) is 11.8. The first kappa shape index (κ1) is 17.8. The average molecular weight is 380 g/mol. The Morgan fingerprint density at radius 3 is 2.40 bits per heavy atom. The lowest BCUT2D eigenvalue weighted by molar-refractivity contribution is 0.574. The molecule has 1 aliphatic rings. The van der Waals surface area contributed by atoms with Crippen molar-refractivity contribution < 1.29 is 16.8 Å². The summed E-state index contributed by atoms with van der Waals surface area (Å²) < 4.78 is 53.5. The van der Waals surface area contributed by atoms with E-state index in [0.717, 1.165) is 6.42 Å². The summed E-state index contributed by atoms with van der Waals surface area (Å²) in [5.74, 6) is 0.127. The van der Waals surface area contributed by atoms with Crippen molar-refractivity contribution in [2.24, 2.45) is 0 Å². The molecule has 0 atom stereocenters. The summed E-state index contributed by atoms with van der Waals surface area (Å²) in [5.41, 5.74) is 1.49. The predicted octanol–water partition coefficient (Wildman–Crippen LogP) is 2.73. The third-order valence-corrected chi connectivity index (χ3v) is 7.52. The molecule has 2 aromatic rings. The quantitative estimate of drug-likeness (QED) is 0.884. The normalized spacial score (nSPS) is 17.2. The maximum Gasteiger partial charge on any atom is 0.262 e. The number of anilines is 2. The van der Waals surface area contributed by atoms with E-state index in [4.69, 9.17) is 0 Å². The molecule has 1 fully saturated rings. The second-order valence-electron chi connectivity index (χ2n) is 6.02. The molecule has 2 aromatic carbocycles. The lowest BCUT2D eigenvalue weighted by atomic mass is 10.2. The van der Waals surface area contributed by atoms with E-state index in [0.29, 0.717) is 29.9 Å². The molecule has 1 aliphatic heterocycles. The molecule has 0 unspecified atom stereocenters. The molecular weight excluding hydrogens is 360 g/mol. The Morgan fingerprint density at radius 1 is 1.04 bits per heavy atom. The maximum absolute atomic E-state index is 12.6. The van der Waals surface area contributed by atoms with Gasteiger partial charge in [-0.2, -0.15) is 0 Å². The van der Waals surface area contributed by atoms with Crippen LogP contribution >= 0.6 is 0 Å². The van der Waals surface area contributed by atoms with Gasteiger partial charge in [-0.25, -0.2) is 16.8 Å². The smallest absolute Gasteiger partial charge is 0.262 e. The minimum atomic E-state index is -3.74. The van der Waals surface area contributed by atoms with Crippen LogP contribution in [0.15, 0.2) is 53.4 Å². The number of sulfonamides is 2. The molecule has 0 aromatic heterocycles. The highest BCUT2D eigenvalue weighted by Gasteiger charge is 2.27. The van der Waals surface area contributed by atoms with Crippen molar-refractivity contribution in [2.45, 2.75) is 24.7 Å². The summed E-state index contributed by atoms with van der Waals surface area (Å²) in [6.07, 6.45) is 1.46. The largest absolute Gasteiger partial charge is 0.280 e. The van der Waals surface area contributed by atoms with Crippen LogP contribution in [0.25, 0.3) is 0 Å². The number of benzene rings is 2. The molecule has 0 amide bonds. The number of nitrogens with one attached hydrogen (secondary N) is 1. The van der Waals surface area contributed by atoms with E-state index in [1.165, 1.54) is 10.4 Å². The van der Waals surface area contributed by atoms with Gasteiger partial charge in [-0.1, -0.05) is 18.2 Å². The number of nitrogens with zero attached hydrogens (tertiary/aromatic N) is 1. The van der Waals surface area contributed by atoms with E-state index in [2.05, 4.69) is 4.72 Å². The number of hydrogen-bond donors (Lipinski definition) is 1. The molecular formula is C17H20N2O4S2. The summed E-state index contributed by atoms with van der Waals surface area (Å²) >= 11 is 0. The fraction of sp³-hybridized carbons (Fsp3) is 0.294. The van der Waals surface area contributed by atoms with Gasteiger partial charge in [-0.3, -0.25) is 9.03 Å². The maximum atomic E-state index is 12.6.